The van der Waals surface area contributed by atoms with Gasteiger partial charge in [-0.2, -0.15) is 0 Å². The van der Waals surface area contributed by atoms with Gasteiger partial charge >= 0.3 is 0 Å². The molecule has 2 rings (SSSR count). The summed E-state index contributed by atoms with van der Waals surface area (Å²) in [7, 11) is -1.04. The van der Waals surface area contributed by atoms with Crippen LogP contribution < -0.4 is 0 Å². The van der Waals surface area contributed by atoms with Crippen LogP contribution in [0.4, 0.5) is 0 Å². The Morgan fingerprint density at radius 1 is 0.810 bits per heavy atom. The molecule has 0 saturated heterocycles. The van der Waals surface area contributed by atoms with Gasteiger partial charge in [0.25, 0.3) is 0 Å². The number of rotatable bonds is 5. The quantitative estimate of drug-likeness (QED) is 0.428. The summed E-state index contributed by atoms with van der Waals surface area (Å²) in [5.74, 6) is 1.05. The highest BCUT2D eigenvalue weighted by atomic mass is 28.3. The maximum absolute atomic E-state index is 6.23. The molecule has 0 aliphatic rings. The Bertz CT molecular complexity index is 585. The van der Waals surface area contributed by atoms with E-state index in [-0.39, 0.29) is 6.10 Å². The Hall–Kier alpha value is -1.80. The van der Waals surface area contributed by atoms with Crippen LogP contribution in [-0.2, 0) is 4.74 Å². The Kier molecular flexibility index (Phi) is 5.40. The zero-order valence-corrected chi connectivity index (χ0v) is 14.5. The molecule has 0 fully saturated rings. The van der Waals surface area contributed by atoms with Crippen molar-refractivity contribution in [3.05, 3.63) is 71.8 Å². The summed E-state index contributed by atoms with van der Waals surface area (Å²) in [6.07, 6.45) is 0.173. The van der Waals surface area contributed by atoms with Crippen LogP contribution in [0.1, 0.15) is 25.0 Å². The fourth-order valence-corrected chi connectivity index (χ4v) is 4.07. The molecule has 2 heteroatoms. The summed E-state index contributed by atoms with van der Waals surface area (Å²) >= 11 is 0. The highest BCUT2D eigenvalue weighted by Gasteiger charge is 2.17. The molecular weight excluding hydrogens is 272 g/mol. The maximum atomic E-state index is 6.23. The number of hydrogen-bond acceptors (Lipinski definition) is 1. The molecular formula is C19H24OSi. The highest BCUT2D eigenvalue weighted by Crippen LogP contribution is 2.30. The van der Waals surface area contributed by atoms with E-state index in [4.69, 9.17) is 4.74 Å². The van der Waals surface area contributed by atoms with Crippen LogP contribution in [0.5, 0.6) is 0 Å². The molecule has 2 aromatic rings. The van der Waals surface area contributed by atoms with Crippen LogP contribution in [0.25, 0.3) is 11.0 Å². The number of hydrogen-bond donors (Lipinski definition) is 0. The van der Waals surface area contributed by atoms with Crippen LogP contribution in [0.15, 0.2) is 60.7 Å². The predicted octanol–water partition coefficient (Wildman–Crippen LogP) is 5.01. The van der Waals surface area contributed by atoms with Gasteiger partial charge in [0.1, 0.15) is 5.76 Å². The second-order valence-electron chi connectivity index (χ2n) is 5.80. The summed E-state index contributed by atoms with van der Waals surface area (Å²) in [5.41, 5.74) is 2.46. The van der Waals surface area contributed by atoms with Gasteiger partial charge in [0, 0.05) is 5.56 Å². The lowest BCUT2D eigenvalue weighted by molar-refractivity contribution is 0.205. The van der Waals surface area contributed by atoms with Gasteiger partial charge in [0.15, 0.2) is 0 Å². The molecule has 0 aliphatic heterocycles. The predicted molar refractivity (Wildman–Crippen MR) is 94.8 cm³/mol. The normalized spacial score (nSPS) is 12.5. The van der Waals surface area contributed by atoms with E-state index in [0.717, 1.165) is 5.76 Å². The van der Waals surface area contributed by atoms with E-state index in [0.29, 0.717) is 0 Å². The van der Waals surface area contributed by atoms with E-state index in [2.05, 4.69) is 81.5 Å². The van der Waals surface area contributed by atoms with Gasteiger partial charge in [0.05, 0.1) is 14.9 Å². The van der Waals surface area contributed by atoms with E-state index < -0.39 is 8.80 Å². The fraction of sp³-hybridized carbons (Fsp3) is 0.263. The topological polar surface area (TPSA) is 9.23 Å². The Labute approximate surface area is 129 Å². The monoisotopic (exact) mass is 296 g/mol. The zero-order chi connectivity index (χ0) is 15.2. The number of benzene rings is 2. The van der Waals surface area contributed by atoms with Gasteiger partial charge in [-0.1, -0.05) is 73.8 Å². The van der Waals surface area contributed by atoms with Gasteiger partial charge in [0.2, 0.25) is 0 Å². The molecule has 0 bridgehead atoms. The number of ether oxygens (including phenoxy) is 1. The first kappa shape index (κ1) is 15.6. The molecule has 0 atom stereocenters. The summed E-state index contributed by atoms with van der Waals surface area (Å²) in [5, 5.41) is 1.40. The SMILES string of the molecule is CC(C)OC(=C(c1ccccc1)[SiH](C)C)c1ccccc1. The van der Waals surface area contributed by atoms with Crippen LogP contribution in [0, 0.1) is 0 Å². The second kappa shape index (κ2) is 7.28. The second-order valence-corrected chi connectivity index (χ2v) is 8.68. The van der Waals surface area contributed by atoms with Gasteiger partial charge in [-0.15, -0.1) is 0 Å². The van der Waals surface area contributed by atoms with Crippen molar-refractivity contribution in [3.8, 4) is 0 Å². The first-order chi connectivity index (χ1) is 10.1. The standard InChI is InChI=1S/C19H24OSi/c1-15(2)20-18(16-11-7-5-8-12-16)19(21(3)4)17-13-9-6-10-14-17/h5-15,21H,1-4H3. The van der Waals surface area contributed by atoms with E-state index in [1.807, 2.05) is 6.07 Å². The highest BCUT2D eigenvalue weighted by molar-refractivity contribution is 6.78. The van der Waals surface area contributed by atoms with Crippen molar-refractivity contribution in [2.75, 3.05) is 0 Å². The minimum absolute atomic E-state index is 0.173. The van der Waals surface area contributed by atoms with Crippen LogP contribution in [-0.4, -0.2) is 14.9 Å². The van der Waals surface area contributed by atoms with Gasteiger partial charge < -0.3 is 4.74 Å². The summed E-state index contributed by atoms with van der Waals surface area (Å²) in [6, 6.07) is 21.1. The molecule has 2 aromatic carbocycles. The molecule has 110 valence electrons. The third-order valence-electron chi connectivity index (χ3n) is 3.30. The van der Waals surface area contributed by atoms with Crippen molar-refractivity contribution in [2.24, 2.45) is 0 Å². The Morgan fingerprint density at radius 2 is 1.29 bits per heavy atom. The van der Waals surface area contributed by atoms with Crippen molar-refractivity contribution in [1.29, 1.82) is 0 Å². The molecule has 0 amide bonds. The van der Waals surface area contributed by atoms with E-state index >= 15 is 0 Å². The molecule has 0 N–H and O–H groups in total. The molecule has 1 nitrogen and oxygen atoms in total. The molecule has 0 aliphatic carbocycles. The lowest BCUT2D eigenvalue weighted by Crippen LogP contribution is -2.12. The van der Waals surface area contributed by atoms with E-state index in [1.54, 1.807) is 0 Å². The van der Waals surface area contributed by atoms with Gasteiger partial charge in [-0.3, -0.25) is 0 Å². The van der Waals surface area contributed by atoms with Crippen molar-refractivity contribution < 1.29 is 4.74 Å². The fourth-order valence-electron chi connectivity index (χ4n) is 2.46. The molecule has 0 radical (unpaired) electrons. The van der Waals surface area contributed by atoms with Gasteiger partial charge in [-0.05, 0) is 24.6 Å². The van der Waals surface area contributed by atoms with Crippen LogP contribution >= 0.6 is 0 Å². The minimum Gasteiger partial charge on any atom is -0.491 e. The average molecular weight is 296 g/mol. The molecule has 21 heavy (non-hydrogen) atoms. The van der Waals surface area contributed by atoms with Gasteiger partial charge in [-0.25, -0.2) is 0 Å². The van der Waals surface area contributed by atoms with E-state index in [1.165, 1.54) is 16.3 Å². The minimum atomic E-state index is -1.04. The van der Waals surface area contributed by atoms with Crippen molar-refractivity contribution in [3.63, 3.8) is 0 Å². The lowest BCUT2D eigenvalue weighted by atomic mass is 10.1. The molecule has 0 spiro atoms. The average Bonchev–Trinajstić information content (AvgIpc) is 2.48. The largest absolute Gasteiger partial charge is 0.491 e. The lowest BCUT2D eigenvalue weighted by Gasteiger charge is -2.21. The smallest absolute Gasteiger partial charge is 0.126 e. The van der Waals surface area contributed by atoms with Crippen molar-refractivity contribution in [2.45, 2.75) is 33.0 Å². The molecule has 0 unspecified atom stereocenters. The van der Waals surface area contributed by atoms with Crippen molar-refractivity contribution in [1.82, 2.24) is 0 Å². The molecule has 0 aromatic heterocycles. The Morgan fingerprint density at radius 3 is 1.71 bits per heavy atom. The summed E-state index contributed by atoms with van der Waals surface area (Å²) in [4.78, 5) is 0. The molecule has 0 saturated carbocycles. The summed E-state index contributed by atoms with van der Waals surface area (Å²) < 4.78 is 6.23. The zero-order valence-electron chi connectivity index (χ0n) is 13.3. The Balaban J connectivity index is 2.62. The maximum Gasteiger partial charge on any atom is 0.126 e. The van der Waals surface area contributed by atoms with E-state index in [9.17, 15) is 0 Å². The molecule has 0 heterocycles. The van der Waals surface area contributed by atoms with Crippen LogP contribution in [0.3, 0.4) is 0 Å². The third kappa shape index (κ3) is 4.08. The van der Waals surface area contributed by atoms with Crippen molar-refractivity contribution >= 4 is 19.8 Å². The first-order valence-electron chi connectivity index (χ1n) is 7.61. The summed E-state index contributed by atoms with van der Waals surface area (Å²) in [6.45, 7) is 8.89. The first-order valence-corrected chi connectivity index (χ1v) is 10.5. The third-order valence-corrected chi connectivity index (χ3v) is 5.05. The van der Waals surface area contributed by atoms with Crippen LogP contribution in [0.2, 0.25) is 13.1 Å².